The fraction of sp³-hybridized carbons (Fsp3) is 0.550. The first-order valence-electron chi connectivity index (χ1n) is 9.69. The third kappa shape index (κ3) is 5.90. The zero-order chi connectivity index (χ0) is 20.8. The average Bonchev–Trinajstić information content (AvgIpc) is 3.02. The molecule has 0 radical (unpaired) electrons. The Morgan fingerprint density at radius 3 is 2.97 bits per heavy atom. The van der Waals surface area contributed by atoms with Crippen LogP contribution in [-0.4, -0.2) is 59.6 Å². The van der Waals surface area contributed by atoms with Crippen LogP contribution in [0.4, 0.5) is 4.39 Å². The van der Waals surface area contributed by atoms with Gasteiger partial charge in [0.25, 0.3) is 5.91 Å². The van der Waals surface area contributed by atoms with Crippen LogP contribution in [0.5, 0.6) is 0 Å². The number of hydrogen-bond acceptors (Lipinski definition) is 5. The van der Waals surface area contributed by atoms with Crippen LogP contribution >= 0.6 is 23.1 Å². The first-order chi connectivity index (χ1) is 14.0. The molecule has 158 valence electrons. The summed E-state index contributed by atoms with van der Waals surface area (Å²) in [5.74, 6) is 0.429. The Balaban J connectivity index is 1.65. The minimum absolute atomic E-state index is 0.0850. The maximum Gasteiger partial charge on any atom is 0.258 e. The van der Waals surface area contributed by atoms with E-state index < -0.39 is 0 Å². The van der Waals surface area contributed by atoms with E-state index in [-0.39, 0.29) is 29.1 Å². The predicted octanol–water partition coefficient (Wildman–Crippen LogP) is 2.91. The molecular formula is C20H26FN3O3S2. The van der Waals surface area contributed by atoms with Crippen molar-refractivity contribution in [2.24, 2.45) is 10.9 Å². The van der Waals surface area contributed by atoms with Crippen LogP contribution in [-0.2, 0) is 20.9 Å². The number of hydrogen-bond donors (Lipinski definition) is 0. The SMILES string of the molecule is COCCn1c(=NC(=O)CSCC(=O)N2CCCC(C)C2)sc2cc(F)ccc21. The number of piperidine rings is 1. The molecule has 3 rings (SSSR count). The molecule has 1 atom stereocenters. The van der Waals surface area contributed by atoms with Crippen LogP contribution in [0.2, 0.25) is 0 Å². The standard InChI is InChI=1S/C20H26FN3O3S2/c1-14-4-3-7-23(11-14)19(26)13-28-12-18(25)22-20-24(8-9-27-2)16-6-5-15(21)10-17(16)29-20/h5-6,10,14H,3-4,7-9,11-13H2,1-2H3. The van der Waals surface area contributed by atoms with Gasteiger partial charge in [-0.2, -0.15) is 4.99 Å². The second-order valence-corrected chi connectivity index (χ2v) is 9.22. The van der Waals surface area contributed by atoms with Crippen molar-refractivity contribution in [2.75, 3.05) is 38.3 Å². The lowest BCUT2D eigenvalue weighted by atomic mass is 10.0. The van der Waals surface area contributed by atoms with Gasteiger partial charge in [0, 0.05) is 26.7 Å². The van der Waals surface area contributed by atoms with Crippen molar-refractivity contribution in [1.82, 2.24) is 9.47 Å². The van der Waals surface area contributed by atoms with Crippen LogP contribution in [0.1, 0.15) is 19.8 Å². The molecule has 29 heavy (non-hydrogen) atoms. The van der Waals surface area contributed by atoms with E-state index >= 15 is 0 Å². The number of ether oxygens (including phenoxy) is 1. The fourth-order valence-electron chi connectivity index (χ4n) is 3.40. The Hall–Kier alpha value is -1.71. The van der Waals surface area contributed by atoms with Gasteiger partial charge in [-0.1, -0.05) is 18.3 Å². The molecule has 1 aromatic heterocycles. The first-order valence-corrected chi connectivity index (χ1v) is 11.7. The molecule has 0 saturated carbocycles. The number of amides is 2. The second-order valence-electron chi connectivity index (χ2n) is 7.23. The summed E-state index contributed by atoms with van der Waals surface area (Å²) in [5.41, 5.74) is 0.821. The van der Waals surface area contributed by atoms with Crippen LogP contribution < -0.4 is 4.80 Å². The number of likely N-dealkylation sites (tertiary alicyclic amines) is 1. The third-order valence-electron chi connectivity index (χ3n) is 4.84. The molecule has 1 fully saturated rings. The van der Waals surface area contributed by atoms with Gasteiger partial charge in [-0.05, 0) is 37.0 Å². The van der Waals surface area contributed by atoms with Crippen molar-refractivity contribution in [1.29, 1.82) is 0 Å². The molecule has 6 nitrogen and oxygen atoms in total. The maximum atomic E-state index is 13.5. The molecule has 1 saturated heterocycles. The van der Waals surface area contributed by atoms with Gasteiger partial charge in [0.15, 0.2) is 4.80 Å². The van der Waals surface area contributed by atoms with Crippen LogP contribution in [0.25, 0.3) is 10.2 Å². The van der Waals surface area contributed by atoms with Gasteiger partial charge in [0.1, 0.15) is 5.82 Å². The first kappa shape index (κ1) is 22.0. The Bertz CT molecular complexity index is 941. The third-order valence-corrected chi connectivity index (χ3v) is 6.79. The predicted molar refractivity (Wildman–Crippen MR) is 115 cm³/mol. The lowest BCUT2D eigenvalue weighted by Crippen LogP contribution is -2.40. The molecule has 1 unspecified atom stereocenters. The molecule has 1 aromatic carbocycles. The number of rotatable bonds is 7. The smallest absolute Gasteiger partial charge is 0.258 e. The van der Waals surface area contributed by atoms with Crippen LogP contribution in [0.15, 0.2) is 23.2 Å². The molecule has 0 bridgehead atoms. The summed E-state index contributed by atoms with van der Waals surface area (Å²) in [5, 5.41) is 0. The van der Waals surface area contributed by atoms with Gasteiger partial charge >= 0.3 is 0 Å². The van der Waals surface area contributed by atoms with Crippen molar-refractivity contribution >= 4 is 45.1 Å². The number of methoxy groups -OCH3 is 1. The zero-order valence-corrected chi connectivity index (χ0v) is 18.4. The summed E-state index contributed by atoms with van der Waals surface area (Å²) in [4.78, 5) is 31.3. The molecule has 9 heteroatoms. The highest BCUT2D eigenvalue weighted by molar-refractivity contribution is 8.00. The maximum absolute atomic E-state index is 13.5. The van der Waals surface area contributed by atoms with Crippen molar-refractivity contribution in [3.63, 3.8) is 0 Å². The molecule has 0 N–H and O–H groups in total. The van der Waals surface area contributed by atoms with E-state index in [0.29, 0.717) is 23.9 Å². The van der Waals surface area contributed by atoms with Crippen LogP contribution in [0.3, 0.4) is 0 Å². The highest BCUT2D eigenvalue weighted by Gasteiger charge is 2.20. The summed E-state index contributed by atoms with van der Waals surface area (Å²) >= 11 is 2.57. The topological polar surface area (TPSA) is 63.9 Å². The van der Waals surface area contributed by atoms with E-state index in [0.717, 1.165) is 36.1 Å². The second kappa shape index (κ2) is 10.4. The minimum Gasteiger partial charge on any atom is -0.383 e. The van der Waals surface area contributed by atoms with Crippen molar-refractivity contribution in [3.8, 4) is 0 Å². The number of fused-ring (bicyclic) bond motifs is 1. The largest absolute Gasteiger partial charge is 0.383 e. The van der Waals surface area contributed by atoms with Gasteiger partial charge in [0.2, 0.25) is 5.91 Å². The Morgan fingerprint density at radius 2 is 2.21 bits per heavy atom. The number of thioether (sulfide) groups is 1. The van der Waals surface area contributed by atoms with E-state index in [4.69, 9.17) is 4.74 Å². The summed E-state index contributed by atoms with van der Waals surface area (Å²) in [6.45, 7) is 4.75. The number of thiazole rings is 1. The molecule has 0 aliphatic carbocycles. The van der Waals surface area contributed by atoms with Crippen molar-refractivity contribution in [2.45, 2.75) is 26.3 Å². The molecule has 0 spiro atoms. The number of carbonyl (C=O) groups is 2. The Kier molecular flexibility index (Phi) is 7.85. The molecule has 2 heterocycles. The summed E-state index contributed by atoms with van der Waals surface area (Å²) < 4.78 is 21.3. The summed E-state index contributed by atoms with van der Waals surface area (Å²) in [7, 11) is 1.60. The van der Waals surface area contributed by atoms with Gasteiger partial charge < -0.3 is 14.2 Å². The van der Waals surface area contributed by atoms with E-state index in [1.54, 1.807) is 13.2 Å². The van der Waals surface area contributed by atoms with E-state index in [9.17, 15) is 14.0 Å². The zero-order valence-electron chi connectivity index (χ0n) is 16.7. The monoisotopic (exact) mass is 439 g/mol. The van der Waals surface area contributed by atoms with Gasteiger partial charge in [-0.3, -0.25) is 9.59 Å². The molecule has 2 amide bonds. The number of aromatic nitrogens is 1. The quantitative estimate of drug-likeness (QED) is 0.666. The van der Waals surface area contributed by atoms with E-state index in [1.807, 2.05) is 9.47 Å². The Morgan fingerprint density at radius 1 is 1.38 bits per heavy atom. The number of halogens is 1. The van der Waals surface area contributed by atoms with Gasteiger partial charge in [0.05, 0.1) is 28.3 Å². The molecule has 1 aliphatic heterocycles. The Labute approximate surface area is 177 Å². The minimum atomic E-state index is -0.323. The molecular weight excluding hydrogens is 413 g/mol. The number of nitrogens with zero attached hydrogens (tertiary/aromatic N) is 3. The van der Waals surface area contributed by atoms with E-state index in [2.05, 4.69) is 11.9 Å². The summed E-state index contributed by atoms with van der Waals surface area (Å²) in [6.07, 6.45) is 2.20. The lowest BCUT2D eigenvalue weighted by Gasteiger charge is -2.30. The fourth-order valence-corrected chi connectivity index (χ4v) is 5.20. The summed E-state index contributed by atoms with van der Waals surface area (Å²) in [6, 6.07) is 4.53. The lowest BCUT2D eigenvalue weighted by molar-refractivity contribution is -0.130. The highest BCUT2D eigenvalue weighted by atomic mass is 32.2. The van der Waals surface area contributed by atoms with Crippen molar-refractivity contribution < 1.29 is 18.7 Å². The van der Waals surface area contributed by atoms with Gasteiger partial charge in [-0.25, -0.2) is 4.39 Å². The highest BCUT2D eigenvalue weighted by Crippen LogP contribution is 2.19. The normalized spacial score (nSPS) is 17.8. The average molecular weight is 440 g/mol. The van der Waals surface area contributed by atoms with E-state index in [1.165, 1.54) is 35.2 Å². The molecule has 1 aliphatic rings. The van der Waals surface area contributed by atoms with Crippen LogP contribution in [0, 0.1) is 11.7 Å². The number of benzene rings is 1. The van der Waals surface area contributed by atoms with Crippen molar-refractivity contribution in [3.05, 3.63) is 28.8 Å². The molecule has 2 aromatic rings. The van der Waals surface area contributed by atoms with Gasteiger partial charge in [-0.15, -0.1) is 11.8 Å². The number of carbonyl (C=O) groups excluding carboxylic acids is 2.